The smallest absolute Gasteiger partial charge is 0.322 e. The molecule has 1 aliphatic heterocycles. The second-order valence-corrected chi connectivity index (χ2v) is 7.63. The number of aromatic nitrogens is 1. The van der Waals surface area contributed by atoms with Gasteiger partial charge in [0.15, 0.2) is 0 Å². The molecule has 8 nitrogen and oxygen atoms in total. The molecular formula is C20H19ClN4O4. The number of amides is 4. The van der Waals surface area contributed by atoms with E-state index in [0.29, 0.717) is 48.0 Å². The summed E-state index contributed by atoms with van der Waals surface area (Å²) in [5.41, 5.74) is -0.304. The Hall–Kier alpha value is -3.13. The van der Waals surface area contributed by atoms with E-state index in [4.69, 9.17) is 16.3 Å². The fourth-order valence-corrected chi connectivity index (χ4v) is 3.76. The summed E-state index contributed by atoms with van der Waals surface area (Å²) in [5, 5.41) is 8.43. The second-order valence-electron chi connectivity index (χ2n) is 7.19. The van der Waals surface area contributed by atoms with E-state index < -0.39 is 11.6 Å². The van der Waals surface area contributed by atoms with E-state index in [1.54, 1.807) is 36.4 Å². The van der Waals surface area contributed by atoms with E-state index in [1.165, 1.54) is 6.20 Å². The van der Waals surface area contributed by atoms with Crippen molar-refractivity contribution in [2.24, 2.45) is 5.92 Å². The number of benzene rings is 1. The number of ether oxygens (including phenoxy) is 1. The summed E-state index contributed by atoms with van der Waals surface area (Å²) in [6.07, 6.45) is 3.44. The number of halogens is 1. The van der Waals surface area contributed by atoms with Gasteiger partial charge in [-0.15, -0.1) is 0 Å². The van der Waals surface area contributed by atoms with Crippen molar-refractivity contribution in [2.45, 2.75) is 31.2 Å². The van der Waals surface area contributed by atoms with E-state index in [-0.39, 0.29) is 17.7 Å². The lowest BCUT2D eigenvalue weighted by Gasteiger charge is -2.33. The number of carbonyl (C=O) groups excluding carboxylic acids is 3. The van der Waals surface area contributed by atoms with Crippen LogP contribution in [0, 0.1) is 5.92 Å². The molecule has 4 amide bonds. The molecule has 9 heteroatoms. The SMILES string of the molecule is O=C1NC(=O)C2(CCC(C(=O)Nc3ccc(Oc4ccc(Cl)cc4)nc3)CC2)N1. The Morgan fingerprint density at radius 3 is 2.45 bits per heavy atom. The number of rotatable bonds is 4. The molecule has 1 saturated carbocycles. The summed E-state index contributed by atoms with van der Waals surface area (Å²) in [4.78, 5) is 40.1. The molecule has 0 unspecified atom stereocenters. The molecule has 1 aliphatic carbocycles. The Morgan fingerprint density at radius 2 is 1.86 bits per heavy atom. The largest absolute Gasteiger partial charge is 0.439 e. The van der Waals surface area contributed by atoms with Crippen LogP contribution in [-0.2, 0) is 9.59 Å². The standard InChI is InChI=1S/C20H19ClN4O4/c21-13-1-4-15(5-2-13)29-16-6-3-14(11-22-16)23-17(26)12-7-9-20(10-8-12)18(27)24-19(28)25-20/h1-6,11-12H,7-10H2,(H,23,26)(H2,24,25,27,28). The van der Waals surface area contributed by atoms with Gasteiger partial charge in [0.1, 0.15) is 11.3 Å². The normalized spacial score (nSPS) is 23.4. The highest BCUT2D eigenvalue weighted by Crippen LogP contribution is 2.34. The zero-order valence-corrected chi connectivity index (χ0v) is 16.2. The van der Waals surface area contributed by atoms with Crippen LogP contribution in [0.5, 0.6) is 11.6 Å². The Labute approximate surface area is 172 Å². The molecule has 4 rings (SSSR count). The number of nitrogens with one attached hydrogen (secondary N) is 3. The van der Waals surface area contributed by atoms with Crippen molar-refractivity contribution in [3.63, 3.8) is 0 Å². The van der Waals surface area contributed by atoms with Crippen LogP contribution in [0.2, 0.25) is 5.02 Å². The molecule has 0 radical (unpaired) electrons. The number of pyridine rings is 1. The number of carbonyl (C=O) groups is 3. The molecule has 2 fully saturated rings. The minimum absolute atomic E-state index is 0.127. The summed E-state index contributed by atoms with van der Waals surface area (Å²) in [7, 11) is 0. The first-order valence-corrected chi connectivity index (χ1v) is 9.65. The average Bonchev–Trinajstić information content (AvgIpc) is 2.98. The summed E-state index contributed by atoms with van der Waals surface area (Å²) in [6, 6.07) is 9.83. The third-order valence-electron chi connectivity index (χ3n) is 5.26. The molecule has 2 aromatic rings. The summed E-state index contributed by atoms with van der Waals surface area (Å²) >= 11 is 5.85. The third kappa shape index (κ3) is 4.17. The molecule has 1 aromatic carbocycles. The van der Waals surface area contributed by atoms with Gasteiger partial charge < -0.3 is 15.4 Å². The second kappa shape index (κ2) is 7.71. The zero-order valence-electron chi connectivity index (χ0n) is 15.4. The maximum atomic E-state index is 12.6. The molecule has 29 heavy (non-hydrogen) atoms. The quantitative estimate of drug-likeness (QED) is 0.665. The molecule has 2 aliphatic rings. The van der Waals surface area contributed by atoms with Crippen LogP contribution < -0.4 is 20.7 Å². The molecule has 1 aromatic heterocycles. The van der Waals surface area contributed by atoms with Crippen LogP contribution in [-0.4, -0.2) is 28.4 Å². The van der Waals surface area contributed by atoms with Crippen LogP contribution >= 0.6 is 11.6 Å². The molecule has 1 spiro atoms. The Bertz CT molecular complexity index is 938. The number of hydrogen-bond acceptors (Lipinski definition) is 5. The van der Waals surface area contributed by atoms with E-state index in [9.17, 15) is 14.4 Å². The van der Waals surface area contributed by atoms with Crippen molar-refractivity contribution in [1.82, 2.24) is 15.6 Å². The molecular weight excluding hydrogens is 396 g/mol. The predicted molar refractivity (Wildman–Crippen MR) is 106 cm³/mol. The Morgan fingerprint density at radius 1 is 1.14 bits per heavy atom. The van der Waals surface area contributed by atoms with Crippen LogP contribution in [0.1, 0.15) is 25.7 Å². The van der Waals surface area contributed by atoms with Crippen molar-refractivity contribution >= 4 is 35.1 Å². The van der Waals surface area contributed by atoms with Gasteiger partial charge >= 0.3 is 6.03 Å². The fourth-order valence-electron chi connectivity index (χ4n) is 3.64. The minimum Gasteiger partial charge on any atom is -0.439 e. The van der Waals surface area contributed by atoms with Crippen LogP contribution in [0.4, 0.5) is 10.5 Å². The topological polar surface area (TPSA) is 109 Å². The lowest BCUT2D eigenvalue weighted by atomic mass is 9.76. The highest BCUT2D eigenvalue weighted by molar-refractivity contribution is 6.30. The van der Waals surface area contributed by atoms with E-state index in [0.717, 1.165) is 0 Å². The molecule has 0 atom stereocenters. The van der Waals surface area contributed by atoms with Crippen molar-refractivity contribution in [3.05, 3.63) is 47.6 Å². The van der Waals surface area contributed by atoms with Gasteiger partial charge in [-0.3, -0.25) is 14.9 Å². The zero-order chi connectivity index (χ0) is 20.4. The van der Waals surface area contributed by atoms with Gasteiger partial charge in [0.05, 0.1) is 11.9 Å². The number of hydrogen-bond donors (Lipinski definition) is 3. The average molecular weight is 415 g/mol. The van der Waals surface area contributed by atoms with Crippen molar-refractivity contribution < 1.29 is 19.1 Å². The first-order valence-electron chi connectivity index (χ1n) is 9.27. The monoisotopic (exact) mass is 414 g/mol. The molecule has 150 valence electrons. The Kier molecular flexibility index (Phi) is 5.10. The Balaban J connectivity index is 1.31. The van der Waals surface area contributed by atoms with Gasteiger partial charge in [-0.25, -0.2) is 9.78 Å². The predicted octanol–water partition coefficient (Wildman–Crippen LogP) is 3.23. The third-order valence-corrected chi connectivity index (χ3v) is 5.52. The van der Waals surface area contributed by atoms with Gasteiger partial charge in [0, 0.05) is 17.0 Å². The van der Waals surface area contributed by atoms with E-state index in [1.807, 2.05) is 0 Å². The molecule has 3 N–H and O–H groups in total. The molecule has 1 saturated heterocycles. The lowest BCUT2D eigenvalue weighted by molar-refractivity contribution is -0.128. The number of nitrogens with zero attached hydrogens (tertiary/aromatic N) is 1. The van der Waals surface area contributed by atoms with Gasteiger partial charge in [0.25, 0.3) is 5.91 Å². The summed E-state index contributed by atoms with van der Waals surface area (Å²) < 4.78 is 5.63. The van der Waals surface area contributed by atoms with Crippen LogP contribution in [0.3, 0.4) is 0 Å². The highest BCUT2D eigenvalue weighted by Gasteiger charge is 2.48. The van der Waals surface area contributed by atoms with E-state index in [2.05, 4.69) is 20.9 Å². The first kappa shape index (κ1) is 19.2. The van der Waals surface area contributed by atoms with Crippen molar-refractivity contribution in [1.29, 1.82) is 0 Å². The minimum atomic E-state index is -0.865. The maximum absolute atomic E-state index is 12.6. The number of anilines is 1. The molecule has 2 heterocycles. The maximum Gasteiger partial charge on any atom is 0.322 e. The van der Waals surface area contributed by atoms with Gasteiger partial charge in [0.2, 0.25) is 11.8 Å². The molecule has 0 bridgehead atoms. The number of imide groups is 1. The van der Waals surface area contributed by atoms with Crippen LogP contribution in [0.15, 0.2) is 42.6 Å². The van der Waals surface area contributed by atoms with Gasteiger partial charge in [-0.1, -0.05) is 11.6 Å². The van der Waals surface area contributed by atoms with Gasteiger partial charge in [-0.05, 0) is 56.0 Å². The van der Waals surface area contributed by atoms with Crippen LogP contribution in [0.25, 0.3) is 0 Å². The fraction of sp³-hybridized carbons (Fsp3) is 0.300. The van der Waals surface area contributed by atoms with Crippen molar-refractivity contribution in [3.8, 4) is 11.6 Å². The summed E-state index contributed by atoms with van der Waals surface area (Å²) in [6.45, 7) is 0. The summed E-state index contributed by atoms with van der Waals surface area (Å²) in [5.74, 6) is 0.348. The number of urea groups is 1. The first-order chi connectivity index (χ1) is 13.9. The lowest BCUT2D eigenvalue weighted by Crippen LogP contribution is -2.50. The highest BCUT2D eigenvalue weighted by atomic mass is 35.5. The van der Waals surface area contributed by atoms with Gasteiger partial charge in [-0.2, -0.15) is 0 Å². The van der Waals surface area contributed by atoms with Crippen molar-refractivity contribution in [2.75, 3.05) is 5.32 Å². The van der Waals surface area contributed by atoms with E-state index >= 15 is 0 Å².